The van der Waals surface area contributed by atoms with Gasteiger partial charge in [0, 0.05) is 24.7 Å². The van der Waals surface area contributed by atoms with Crippen molar-refractivity contribution in [1.29, 1.82) is 0 Å². The van der Waals surface area contributed by atoms with Gasteiger partial charge in [-0.3, -0.25) is 0 Å². The van der Waals surface area contributed by atoms with Gasteiger partial charge in [-0.25, -0.2) is 8.78 Å². The summed E-state index contributed by atoms with van der Waals surface area (Å²) >= 11 is 0. The van der Waals surface area contributed by atoms with Gasteiger partial charge in [-0.05, 0) is 31.1 Å². The number of aliphatic hydroxyl groups is 1. The van der Waals surface area contributed by atoms with E-state index in [4.69, 9.17) is 4.74 Å². The zero-order valence-electron chi connectivity index (χ0n) is 9.75. The van der Waals surface area contributed by atoms with Gasteiger partial charge >= 0.3 is 0 Å². The third-order valence-corrected chi connectivity index (χ3v) is 2.36. The summed E-state index contributed by atoms with van der Waals surface area (Å²) in [5.74, 6) is -1.26. The molecule has 0 saturated heterocycles. The minimum Gasteiger partial charge on any atom is -0.368 e. The van der Waals surface area contributed by atoms with Crippen molar-refractivity contribution >= 4 is 5.57 Å². The first-order valence-electron chi connectivity index (χ1n) is 5.47. The van der Waals surface area contributed by atoms with Crippen LogP contribution in [-0.2, 0) is 4.74 Å². The molecule has 1 N–H and O–H groups in total. The monoisotopic (exact) mass is 242 g/mol. The maximum atomic E-state index is 13.4. The standard InChI is InChI=1S/C13H16F2O2/c1-3-17-13(16)7-4-9(2)11-6-5-10(14)8-12(11)15/h5-6,8,13,16H,2-4,7H2,1H3. The topological polar surface area (TPSA) is 29.5 Å². The molecule has 0 aromatic heterocycles. The molecule has 4 heteroatoms. The van der Waals surface area contributed by atoms with Crippen LogP contribution in [0.25, 0.3) is 5.57 Å². The molecular formula is C13H16F2O2. The van der Waals surface area contributed by atoms with Crippen molar-refractivity contribution in [2.45, 2.75) is 26.1 Å². The van der Waals surface area contributed by atoms with Gasteiger partial charge in [0.25, 0.3) is 0 Å². The van der Waals surface area contributed by atoms with Crippen LogP contribution < -0.4 is 0 Å². The Kier molecular flexibility index (Phi) is 5.25. The Labute approximate surface area is 99.5 Å². The van der Waals surface area contributed by atoms with Crippen LogP contribution in [0.3, 0.4) is 0 Å². The van der Waals surface area contributed by atoms with Gasteiger partial charge in [0.2, 0.25) is 0 Å². The maximum Gasteiger partial charge on any atom is 0.154 e. The Hall–Kier alpha value is -1.26. The third-order valence-electron chi connectivity index (χ3n) is 2.36. The van der Waals surface area contributed by atoms with Crippen LogP contribution in [0.1, 0.15) is 25.3 Å². The van der Waals surface area contributed by atoms with Gasteiger partial charge in [-0.15, -0.1) is 0 Å². The normalized spacial score (nSPS) is 12.5. The highest BCUT2D eigenvalue weighted by Gasteiger charge is 2.09. The molecule has 1 aromatic carbocycles. The van der Waals surface area contributed by atoms with Gasteiger partial charge in [0.05, 0.1) is 0 Å². The van der Waals surface area contributed by atoms with Gasteiger partial charge in [-0.2, -0.15) is 0 Å². The first-order valence-corrected chi connectivity index (χ1v) is 5.47. The fraction of sp³-hybridized carbons (Fsp3) is 0.385. The summed E-state index contributed by atoms with van der Waals surface area (Å²) < 4.78 is 31.0. The zero-order valence-corrected chi connectivity index (χ0v) is 9.75. The predicted molar refractivity (Wildman–Crippen MR) is 62.3 cm³/mol. The lowest BCUT2D eigenvalue weighted by Crippen LogP contribution is -2.11. The van der Waals surface area contributed by atoms with Gasteiger partial charge in [-0.1, -0.05) is 6.58 Å². The lowest BCUT2D eigenvalue weighted by Gasteiger charge is -2.12. The molecule has 2 nitrogen and oxygen atoms in total. The molecule has 0 aliphatic carbocycles. The number of benzene rings is 1. The quantitative estimate of drug-likeness (QED) is 0.777. The molecule has 1 unspecified atom stereocenters. The Morgan fingerprint density at radius 1 is 1.47 bits per heavy atom. The number of hydrogen-bond donors (Lipinski definition) is 1. The Bertz CT molecular complexity index is 391. The van der Waals surface area contributed by atoms with E-state index in [2.05, 4.69) is 6.58 Å². The van der Waals surface area contributed by atoms with Crippen LogP contribution in [0.2, 0.25) is 0 Å². The molecule has 0 aliphatic heterocycles. The number of aliphatic hydroxyl groups excluding tert-OH is 1. The molecule has 94 valence electrons. The molecule has 0 radical (unpaired) electrons. The fourth-order valence-corrected chi connectivity index (χ4v) is 1.48. The largest absolute Gasteiger partial charge is 0.368 e. The molecule has 0 fully saturated rings. The van der Waals surface area contributed by atoms with E-state index in [1.165, 1.54) is 12.1 Å². The van der Waals surface area contributed by atoms with Crippen molar-refractivity contribution in [3.63, 3.8) is 0 Å². The number of rotatable bonds is 6. The minimum absolute atomic E-state index is 0.273. The van der Waals surface area contributed by atoms with Crippen molar-refractivity contribution in [3.8, 4) is 0 Å². The molecule has 1 rings (SSSR count). The van der Waals surface area contributed by atoms with E-state index in [0.29, 0.717) is 25.0 Å². The average Bonchev–Trinajstić information content (AvgIpc) is 2.26. The molecule has 0 heterocycles. The number of ether oxygens (including phenoxy) is 1. The van der Waals surface area contributed by atoms with Crippen LogP contribution in [0.4, 0.5) is 8.78 Å². The second-order valence-corrected chi connectivity index (χ2v) is 3.68. The van der Waals surface area contributed by atoms with Crippen molar-refractivity contribution in [2.24, 2.45) is 0 Å². The molecule has 1 aromatic rings. The molecule has 0 bridgehead atoms. The van der Waals surface area contributed by atoms with Gasteiger partial charge in [0.15, 0.2) is 6.29 Å². The van der Waals surface area contributed by atoms with Crippen molar-refractivity contribution in [1.82, 2.24) is 0 Å². The first-order chi connectivity index (χ1) is 8.04. The SMILES string of the molecule is C=C(CCC(O)OCC)c1ccc(F)cc1F. The van der Waals surface area contributed by atoms with Crippen LogP contribution in [0.15, 0.2) is 24.8 Å². The van der Waals surface area contributed by atoms with Crippen LogP contribution in [0.5, 0.6) is 0 Å². The molecule has 17 heavy (non-hydrogen) atoms. The van der Waals surface area contributed by atoms with Gasteiger partial charge in [0.1, 0.15) is 11.6 Å². The summed E-state index contributed by atoms with van der Waals surface area (Å²) in [4.78, 5) is 0. The molecule has 0 amide bonds. The molecule has 1 atom stereocenters. The summed E-state index contributed by atoms with van der Waals surface area (Å²) in [6.07, 6.45) is -0.145. The predicted octanol–water partition coefficient (Wildman–Crippen LogP) is 3.11. The maximum absolute atomic E-state index is 13.4. The smallest absolute Gasteiger partial charge is 0.154 e. The Balaban J connectivity index is 2.58. The molecule has 0 aliphatic rings. The Morgan fingerprint density at radius 2 is 2.18 bits per heavy atom. The zero-order chi connectivity index (χ0) is 12.8. The number of hydrogen-bond acceptors (Lipinski definition) is 2. The summed E-state index contributed by atoms with van der Waals surface area (Å²) in [5, 5.41) is 9.34. The van der Waals surface area contributed by atoms with Crippen LogP contribution in [0, 0.1) is 11.6 Å². The van der Waals surface area contributed by atoms with E-state index in [0.717, 1.165) is 6.07 Å². The highest BCUT2D eigenvalue weighted by atomic mass is 19.1. The van der Waals surface area contributed by atoms with E-state index in [-0.39, 0.29) is 5.56 Å². The van der Waals surface area contributed by atoms with E-state index in [1.807, 2.05) is 0 Å². The van der Waals surface area contributed by atoms with Crippen molar-refractivity contribution in [2.75, 3.05) is 6.61 Å². The van der Waals surface area contributed by atoms with E-state index >= 15 is 0 Å². The van der Waals surface area contributed by atoms with Crippen molar-refractivity contribution in [3.05, 3.63) is 42.0 Å². The second kappa shape index (κ2) is 6.47. The summed E-state index contributed by atoms with van der Waals surface area (Å²) in [6, 6.07) is 3.35. The first kappa shape index (κ1) is 13.8. The summed E-state index contributed by atoms with van der Waals surface area (Å²) in [5.41, 5.74) is 0.788. The highest BCUT2D eigenvalue weighted by molar-refractivity contribution is 5.63. The van der Waals surface area contributed by atoms with E-state index in [1.54, 1.807) is 6.92 Å². The Morgan fingerprint density at radius 3 is 2.76 bits per heavy atom. The summed E-state index contributed by atoms with van der Waals surface area (Å²) in [7, 11) is 0. The van der Waals surface area contributed by atoms with Gasteiger partial charge < -0.3 is 9.84 Å². The lowest BCUT2D eigenvalue weighted by atomic mass is 10.0. The third kappa shape index (κ3) is 4.24. The van der Waals surface area contributed by atoms with Crippen LogP contribution >= 0.6 is 0 Å². The van der Waals surface area contributed by atoms with Crippen LogP contribution in [-0.4, -0.2) is 18.0 Å². The second-order valence-electron chi connectivity index (χ2n) is 3.68. The molecule has 0 spiro atoms. The minimum atomic E-state index is -0.875. The van der Waals surface area contributed by atoms with Crippen molar-refractivity contribution < 1.29 is 18.6 Å². The fourth-order valence-electron chi connectivity index (χ4n) is 1.48. The van der Waals surface area contributed by atoms with E-state index < -0.39 is 17.9 Å². The van der Waals surface area contributed by atoms with E-state index in [9.17, 15) is 13.9 Å². The number of allylic oxidation sites excluding steroid dienone is 1. The molecular weight excluding hydrogens is 226 g/mol. The molecule has 0 saturated carbocycles. The lowest BCUT2D eigenvalue weighted by molar-refractivity contribution is -0.0973. The highest BCUT2D eigenvalue weighted by Crippen LogP contribution is 2.22. The number of halogens is 2. The summed E-state index contributed by atoms with van der Waals surface area (Å²) in [6.45, 7) is 5.91. The average molecular weight is 242 g/mol.